The molecule has 4 rings (SSSR count). The highest BCUT2D eigenvalue weighted by Gasteiger charge is 2.46. The molecule has 0 radical (unpaired) electrons. The number of hydrogen-bond donors (Lipinski definition) is 1. The number of hydrogen-bond acceptors (Lipinski definition) is 3. The lowest BCUT2D eigenvalue weighted by atomic mass is 9.79. The fourth-order valence-electron chi connectivity index (χ4n) is 3.43. The Balaban J connectivity index is 1.65. The minimum Gasteiger partial charge on any atom is -0.485 e. The molecule has 1 amide bonds. The second-order valence-electron chi connectivity index (χ2n) is 6.87. The van der Waals surface area contributed by atoms with E-state index in [-0.39, 0.29) is 17.4 Å². The van der Waals surface area contributed by atoms with Gasteiger partial charge in [0.2, 0.25) is 0 Å². The molecule has 1 unspecified atom stereocenters. The van der Waals surface area contributed by atoms with Gasteiger partial charge in [-0.2, -0.15) is 0 Å². The molecule has 118 valence electrons. The molecule has 1 N–H and O–H groups in total. The molecular formula is C17H20BrNO3. The Hall–Kier alpha value is -1.07. The number of rotatable bonds is 2. The Morgan fingerprint density at radius 3 is 2.82 bits per heavy atom. The second kappa shape index (κ2) is 5.24. The largest absolute Gasteiger partial charge is 0.485 e. The van der Waals surface area contributed by atoms with Gasteiger partial charge in [0, 0.05) is 16.6 Å². The molecule has 5 heteroatoms. The number of halogens is 1. The minimum absolute atomic E-state index is 0.134. The predicted octanol–water partition coefficient (Wildman–Crippen LogP) is 2.86. The molecule has 0 bridgehead atoms. The van der Waals surface area contributed by atoms with E-state index in [0.29, 0.717) is 13.1 Å². The number of aliphatic hydroxyl groups excluding tert-OH is 1. The molecule has 1 heterocycles. The summed E-state index contributed by atoms with van der Waals surface area (Å²) in [5.41, 5.74) is 0.757. The van der Waals surface area contributed by atoms with E-state index in [0.717, 1.165) is 47.9 Å². The average molecular weight is 366 g/mol. The third-order valence-electron chi connectivity index (χ3n) is 5.09. The summed E-state index contributed by atoms with van der Waals surface area (Å²) >= 11 is 3.49. The SMILES string of the molecule is O=C(C(O)C1CC1)N1Cc2cc(Br)ccc2OC2(CCC2)C1. The first kappa shape index (κ1) is 14.5. The van der Waals surface area contributed by atoms with Gasteiger partial charge in [-0.25, -0.2) is 0 Å². The molecule has 0 saturated heterocycles. The Labute approximate surface area is 138 Å². The molecule has 0 aromatic heterocycles. The van der Waals surface area contributed by atoms with E-state index in [1.807, 2.05) is 18.2 Å². The summed E-state index contributed by atoms with van der Waals surface area (Å²) in [7, 11) is 0. The molecule has 1 aliphatic heterocycles. The van der Waals surface area contributed by atoms with Crippen LogP contribution < -0.4 is 4.74 Å². The van der Waals surface area contributed by atoms with Crippen LogP contribution >= 0.6 is 15.9 Å². The lowest BCUT2D eigenvalue weighted by Gasteiger charge is -2.43. The van der Waals surface area contributed by atoms with Crippen LogP contribution in [0.2, 0.25) is 0 Å². The molecule has 2 saturated carbocycles. The van der Waals surface area contributed by atoms with Crippen LogP contribution in [-0.4, -0.2) is 34.2 Å². The monoisotopic (exact) mass is 365 g/mol. The van der Waals surface area contributed by atoms with Crippen molar-refractivity contribution < 1.29 is 14.6 Å². The third-order valence-corrected chi connectivity index (χ3v) is 5.58. The fourth-order valence-corrected chi connectivity index (χ4v) is 3.84. The summed E-state index contributed by atoms with van der Waals surface area (Å²) in [6, 6.07) is 5.96. The number of fused-ring (bicyclic) bond motifs is 1. The van der Waals surface area contributed by atoms with Crippen molar-refractivity contribution in [2.45, 2.75) is 50.4 Å². The zero-order chi connectivity index (χ0) is 15.3. The van der Waals surface area contributed by atoms with Gasteiger partial charge in [0.1, 0.15) is 17.5 Å². The van der Waals surface area contributed by atoms with Crippen LogP contribution in [0.1, 0.15) is 37.7 Å². The third kappa shape index (κ3) is 2.54. The highest BCUT2D eigenvalue weighted by molar-refractivity contribution is 9.10. The van der Waals surface area contributed by atoms with E-state index in [4.69, 9.17) is 4.74 Å². The number of amides is 1. The number of ether oxygens (including phenoxy) is 1. The van der Waals surface area contributed by atoms with Gasteiger partial charge in [-0.15, -0.1) is 0 Å². The summed E-state index contributed by atoms with van der Waals surface area (Å²) < 4.78 is 7.26. The smallest absolute Gasteiger partial charge is 0.252 e. The van der Waals surface area contributed by atoms with Crippen molar-refractivity contribution in [3.63, 3.8) is 0 Å². The number of carbonyl (C=O) groups excluding carboxylic acids is 1. The van der Waals surface area contributed by atoms with E-state index in [1.165, 1.54) is 0 Å². The zero-order valence-electron chi connectivity index (χ0n) is 12.4. The average Bonchev–Trinajstić information content (AvgIpc) is 3.29. The van der Waals surface area contributed by atoms with Crippen molar-refractivity contribution in [3.8, 4) is 5.75 Å². The van der Waals surface area contributed by atoms with Gasteiger partial charge >= 0.3 is 0 Å². The first-order valence-corrected chi connectivity index (χ1v) is 8.80. The normalized spacial score (nSPS) is 24.0. The summed E-state index contributed by atoms with van der Waals surface area (Å²) in [6.07, 6.45) is 4.18. The van der Waals surface area contributed by atoms with Crippen molar-refractivity contribution in [2.75, 3.05) is 6.54 Å². The van der Waals surface area contributed by atoms with E-state index < -0.39 is 6.10 Å². The van der Waals surface area contributed by atoms with Crippen LogP contribution in [0.5, 0.6) is 5.75 Å². The minimum atomic E-state index is -0.842. The summed E-state index contributed by atoms with van der Waals surface area (Å²) in [5, 5.41) is 10.2. The van der Waals surface area contributed by atoms with E-state index >= 15 is 0 Å². The van der Waals surface area contributed by atoms with Crippen LogP contribution in [0.3, 0.4) is 0 Å². The maximum absolute atomic E-state index is 12.7. The van der Waals surface area contributed by atoms with E-state index in [1.54, 1.807) is 4.90 Å². The molecule has 4 nitrogen and oxygen atoms in total. The molecule has 2 fully saturated rings. The van der Waals surface area contributed by atoms with Crippen molar-refractivity contribution in [1.82, 2.24) is 4.90 Å². The standard InChI is InChI=1S/C17H20BrNO3/c18-13-4-5-14-12(8-13)9-19(10-17(22-14)6-1-7-17)16(21)15(20)11-2-3-11/h4-5,8,11,15,20H,1-3,6-7,9-10H2. The highest BCUT2D eigenvalue weighted by atomic mass is 79.9. The topological polar surface area (TPSA) is 49.8 Å². The van der Waals surface area contributed by atoms with Crippen LogP contribution in [0.4, 0.5) is 0 Å². The summed E-state index contributed by atoms with van der Waals surface area (Å²) in [5.74, 6) is 0.903. The van der Waals surface area contributed by atoms with Gasteiger partial charge in [-0.1, -0.05) is 15.9 Å². The molecule has 1 aromatic rings. The van der Waals surface area contributed by atoms with Crippen molar-refractivity contribution in [2.24, 2.45) is 5.92 Å². The molecule has 1 spiro atoms. The lowest BCUT2D eigenvalue weighted by Crippen LogP contribution is -2.53. The van der Waals surface area contributed by atoms with Gasteiger partial charge in [0.25, 0.3) is 5.91 Å². The molecule has 3 aliphatic rings. The lowest BCUT2D eigenvalue weighted by molar-refractivity contribution is -0.146. The predicted molar refractivity (Wildman–Crippen MR) is 85.5 cm³/mol. The first-order valence-electron chi connectivity index (χ1n) is 8.01. The maximum atomic E-state index is 12.7. The summed E-state index contributed by atoms with van der Waals surface area (Å²) in [4.78, 5) is 14.5. The summed E-state index contributed by atoms with van der Waals surface area (Å²) in [6.45, 7) is 1.10. The molecular weight excluding hydrogens is 346 g/mol. The number of carbonyl (C=O) groups is 1. The fraction of sp³-hybridized carbons (Fsp3) is 0.588. The first-order chi connectivity index (χ1) is 10.6. The van der Waals surface area contributed by atoms with Crippen LogP contribution in [0, 0.1) is 5.92 Å². The van der Waals surface area contributed by atoms with Gasteiger partial charge < -0.3 is 14.7 Å². The maximum Gasteiger partial charge on any atom is 0.252 e. The van der Waals surface area contributed by atoms with Gasteiger partial charge in [0.15, 0.2) is 0 Å². The van der Waals surface area contributed by atoms with E-state index in [2.05, 4.69) is 15.9 Å². The Kier molecular flexibility index (Phi) is 3.46. The molecule has 1 atom stereocenters. The Morgan fingerprint density at radius 1 is 1.41 bits per heavy atom. The van der Waals surface area contributed by atoms with E-state index in [9.17, 15) is 9.90 Å². The van der Waals surface area contributed by atoms with Gasteiger partial charge in [0.05, 0.1) is 6.54 Å². The van der Waals surface area contributed by atoms with Gasteiger partial charge in [-0.3, -0.25) is 4.79 Å². The van der Waals surface area contributed by atoms with Gasteiger partial charge in [-0.05, 0) is 56.2 Å². The quantitative estimate of drug-likeness (QED) is 0.876. The molecule has 1 aromatic carbocycles. The number of nitrogens with zero attached hydrogens (tertiary/aromatic N) is 1. The highest BCUT2D eigenvalue weighted by Crippen LogP contribution is 2.42. The second-order valence-corrected chi connectivity index (χ2v) is 7.78. The van der Waals surface area contributed by atoms with Crippen LogP contribution in [-0.2, 0) is 11.3 Å². The number of benzene rings is 1. The Bertz CT molecular complexity index is 610. The van der Waals surface area contributed by atoms with Crippen molar-refractivity contribution in [3.05, 3.63) is 28.2 Å². The van der Waals surface area contributed by atoms with Crippen molar-refractivity contribution >= 4 is 21.8 Å². The zero-order valence-corrected chi connectivity index (χ0v) is 14.0. The Morgan fingerprint density at radius 2 is 2.18 bits per heavy atom. The van der Waals surface area contributed by atoms with Crippen molar-refractivity contribution in [1.29, 1.82) is 0 Å². The molecule has 2 aliphatic carbocycles. The van der Waals surface area contributed by atoms with Crippen LogP contribution in [0.15, 0.2) is 22.7 Å². The van der Waals surface area contributed by atoms with Crippen LogP contribution in [0.25, 0.3) is 0 Å². The number of aliphatic hydroxyl groups is 1. The molecule has 22 heavy (non-hydrogen) atoms.